The number of hydrogen-bond acceptors (Lipinski definition) is 6. The average Bonchev–Trinajstić information content (AvgIpc) is 3.15. The molecular formula is C22H25FN6O2. The Hall–Kier alpha value is -3.46. The summed E-state index contributed by atoms with van der Waals surface area (Å²) in [7, 11) is 1.53. The second-order valence-corrected chi connectivity index (χ2v) is 7.46. The summed E-state index contributed by atoms with van der Waals surface area (Å²) in [4.78, 5) is 23.3. The SMILES string of the molecule is C=C(N=c1c(OC)cc(N2CCNCC2)cn1C(C)=O)c1cc(F)c2nc(C)cn2c1. The normalized spacial score (nSPS) is 14.8. The van der Waals surface area contributed by atoms with Crippen molar-refractivity contribution in [3.8, 4) is 5.75 Å². The minimum absolute atomic E-state index is 0.214. The molecule has 3 aromatic rings. The number of methoxy groups -OCH3 is 1. The minimum atomic E-state index is -0.470. The molecule has 0 unspecified atom stereocenters. The number of carbonyl (C=O) groups excluding carboxylic acids is 1. The molecule has 31 heavy (non-hydrogen) atoms. The van der Waals surface area contributed by atoms with Crippen molar-refractivity contribution in [2.45, 2.75) is 13.8 Å². The van der Waals surface area contributed by atoms with Crippen LogP contribution >= 0.6 is 0 Å². The lowest BCUT2D eigenvalue weighted by atomic mass is 10.2. The van der Waals surface area contributed by atoms with E-state index in [0.717, 1.165) is 31.9 Å². The molecule has 0 atom stereocenters. The summed E-state index contributed by atoms with van der Waals surface area (Å²) >= 11 is 0. The molecule has 1 N–H and O–H groups in total. The fourth-order valence-corrected chi connectivity index (χ4v) is 3.67. The van der Waals surface area contributed by atoms with Crippen molar-refractivity contribution in [2.24, 2.45) is 4.99 Å². The summed E-state index contributed by atoms with van der Waals surface area (Å²) in [6.45, 7) is 10.6. The molecule has 0 aromatic carbocycles. The largest absolute Gasteiger partial charge is 0.493 e. The Balaban J connectivity index is 1.82. The number of imidazole rings is 1. The van der Waals surface area contributed by atoms with Gasteiger partial charge in [0, 0.05) is 63.3 Å². The fraction of sp³-hybridized carbons (Fsp3) is 0.318. The highest BCUT2D eigenvalue weighted by atomic mass is 19.1. The Labute approximate surface area is 179 Å². The number of fused-ring (bicyclic) bond motifs is 1. The zero-order valence-electron chi connectivity index (χ0n) is 17.9. The molecule has 0 aliphatic carbocycles. The molecule has 1 fully saturated rings. The summed E-state index contributed by atoms with van der Waals surface area (Å²) in [5.74, 6) is -0.247. The number of nitrogens with one attached hydrogen (secondary N) is 1. The Morgan fingerprint density at radius 3 is 2.68 bits per heavy atom. The Morgan fingerprint density at radius 2 is 2.00 bits per heavy atom. The summed E-state index contributed by atoms with van der Waals surface area (Å²) in [5.41, 5.74) is 2.91. The van der Waals surface area contributed by atoms with Crippen LogP contribution in [0.15, 0.2) is 42.3 Å². The van der Waals surface area contributed by atoms with Gasteiger partial charge in [-0.3, -0.25) is 9.36 Å². The smallest absolute Gasteiger partial charge is 0.229 e. The van der Waals surface area contributed by atoms with Gasteiger partial charge in [0.25, 0.3) is 0 Å². The predicted octanol–water partition coefficient (Wildman–Crippen LogP) is 2.23. The zero-order chi connectivity index (χ0) is 22.1. The number of ether oxygens (including phenoxy) is 1. The third-order valence-electron chi connectivity index (χ3n) is 5.23. The second kappa shape index (κ2) is 8.35. The van der Waals surface area contributed by atoms with Crippen LogP contribution in [0.4, 0.5) is 10.1 Å². The molecule has 1 saturated heterocycles. The molecule has 0 saturated carbocycles. The first-order chi connectivity index (χ1) is 14.9. The number of anilines is 1. The van der Waals surface area contributed by atoms with Crippen molar-refractivity contribution in [2.75, 3.05) is 38.2 Å². The number of pyridine rings is 2. The topological polar surface area (TPSA) is 76.2 Å². The first-order valence-electron chi connectivity index (χ1n) is 10.0. The summed E-state index contributed by atoms with van der Waals surface area (Å²) in [6.07, 6.45) is 5.20. The quantitative estimate of drug-likeness (QED) is 0.695. The highest BCUT2D eigenvalue weighted by molar-refractivity contribution is 5.77. The monoisotopic (exact) mass is 424 g/mol. The van der Waals surface area contributed by atoms with Crippen LogP contribution in [0.5, 0.6) is 5.75 Å². The van der Waals surface area contributed by atoms with Crippen LogP contribution in [-0.4, -0.2) is 53.1 Å². The maximum absolute atomic E-state index is 14.5. The number of aromatic nitrogens is 3. The van der Waals surface area contributed by atoms with Gasteiger partial charge in [-0.25, -0.2) is 14.4 Å². The summed E-state index contributed by atoms with van der Waals surface area (Å²) < 4.78 is 23.1. The van der Waals surface area contributed by atoms with E-state index in [-0.39, 0.29) is 11.6 Å². The van der Waals surface area contributed by atoms with Crippen LogP contribution in [-0.2, 0) is 0 Å². The van der Waals surface area contributed by atoms with Gasteiger partial charge in [-0.2, -0.15) is 0 Å². The number of carbonyl (C=O) groups is 1. The lowest BCUT2D eigenvalue weighted by molar-refractivity contribution is 0.0930. The van der Waals surface area contributed by atoms with E-state index in [1.54, 1.807) is 29.9 Å². The van der Waals surface area contributed by atoms with Crippen molar-refractivity contribution < 1.29 is 13.9 Å². The number of hydrogen-bond donors (Lipinski definition) is 1. The number of piperazine rings is 1. The highest BCUT2D eigenvalue weighted by Crippen LogP contribution is 2.21. The molecule has 1 aliphatic rings. The van der Waals surface area contributed by atoms with Gasteiger partial charge < -0.3 is 19.4 Å². The van der Waals surface area contributed by atoms with Crippen LogP contribution < -0.4 is 20.4 Å². The van der Waals surface area contributed by atoms with E-state index in [9.17, 15) is 9.18 Å². The number of aryl methyl sites for hydroxylation is 1. The lowest BCUT2D eigenvalue weighted by Gasteiger charge is -2.30. The molecule has 4 heterocycles. The van der Waals surface area contributed by atoms with E-state index in [4.69, 9.17) is 4.74 Å². The highest BCUT2D eigenvalue weighted by Gasteiger charge is 2.16. The van der Waals surface area contributed by atoms with Crippen molar-refractivity contribution in [1.29, 1.82) is 0 Å². The van der Waals surface area contributed by atoms with E-state index in [0.29, 0.717) is 28.2 Å². The van der Waals surface area contributed by atoms with Gasteiger partial charge in [0.1, 0.15) is 0 Å². The summed E-state index contributed by atoms with van der Waals surface area (Å²) in [5, 5.41) is 3.31. The molecule has 0 radical (unpaired) electrons. The van der Waals surface area contributed by atoms with Crippen molar-refractivity contribution in [3.63, 3.8) is 0 Å². The lowest BCUT2D eigenvalue weighted by Crippen LogP contribution is -2.44. The predicted molar refractivity (Wildman–Crippen MR) is 117 cm³/mol. The van der Waals surface area contributed by atoms with Crippen molar-refractivity contribution >= 4 is 22.9 Å². The van der Waals surface area contributed by atoms with Crippen LogP contribution in [0.3, 0.4) is 0 Å². The van der Waals surface area contributed by atoms with E-state index in [2.05, 4.69) is 26.8 Å². The van der Waals surface area contributed by atoms with Gasteiger partial charge in [0.15, 0.2) is 22.7 Å². The van der Waals surface area contributed by atoms with Gasteiger partial charge in [0.2, 0.25) is 5.91 Å². The molecular weight excluding hydrogens is 399 g/mol. The fourth-order valence-electron chi connectivity index (χ4n) is 3.67. The first kappa shape index (κ1) is 20.8. The van der Waals surface area contributed by atoms with Gasteiger partial charge >= 0.3 is 0 Å². The molecule has 0 spiro atoms. The standard InChI is InChI=1S/C22H25FN6O2/c1-14-11-28-12-17(9-19(23)21(28)25-14)15(2)26-22-20(31-4)10-18(13-29(22)16(3)30)27-7-5-24-6-8-27/h9-13,24H,2,5-8H2,1,3-4H3. The molecule has 8 nitrogen and oxygen atoms in total. The molecule has 1 aliphatic heterocycles. The Morgan fingerprint density at radius 1 is 1.26 bits per heavy atom. The summed E-state index contributed by atoms with van der Waals surface area (Å²) in [6, 6.07) is 3.20. The molecule has 3 aromatic heterocycles. The maximum atomic E-state index is 14.5. The van der Waals surface area contributed by atoms with Crippen LogP contribution in [0, 0.1) is 12.7 Å². The first-order valence-corrected chi connectivity index (χ1v) is 10.0. The van der Waals surface area contributed by atoms with E-state index >= 15 is 0 Å². The van der Waals surface area contributed by atoms with E-state index in [1.165, 1.54) is 24.7 Å². The van der Waals surface area contributed by atoms with Gasteiger partial charge in [-0.05, 0) is 13.0 Å². The average molecular weight is 424 g/mol. The molecule has 162 valence electrons. The number of rotatable bonds is 4. The third kappa shape index (κ3) is 4.09. The van der Waals surface area contributed by atoms with Crippen LogP contribution in [0.2, 0.25) is 0 Å². The van der Waals surface area contributed by atoms with Gasteiger partial charge in [0.05, 0.1) is 24.2 Å². The Kier molecular flexibility index (Phi) is 5.60. The maximum Gasteiger partial charge on any atom is 0.229 e. The minimum Gasteiger partial charge on any atom is -0.493 e. The van der Waals surface area contributed by atoms with E-state index < -0.39 is 5.82 Å². The molecule has 0 bridgehead atoms. The molecule has 4 rings (SSSR count). The third-order valence-corrected chi connectivity index (χ3v) is 5.23. The van der Waals surface area contributed by atoms with Crippen LogP contribution in [0.1, 0.15) is 23.0 Å². The zero-order valence-corrected chi connectivity index (χ0v) is 17.9. The number of halogens is 1. The second-order valence-electron chi connectivity index (χ2n) is 7.46. The van der Waals surface area contributed by atoms with Gasteiger partial charge in [-0.15, -0.1) is 0 Å². The Bertz CT molecular complexity index is 1240. The molecule has 9 heteroatoms. The van der Waals surface area contributed by atoms with E-state index in [1.807, 2.05) is 6.07 Å². The van der Waals surface area contributed by atoms with Crippen LogP contribution in [0.25, 0.3) is 11.3 Å². The van der Waals surface area contributed by atoms with Gasteiger partial charge in [-0.1, -0.05) is 6.58 Å². The van der Waals surface area contributed by atoms with Crippen molar-refractivity contribution in [3.05, 3.63) is 59.9 Å². The van der Waals surface area contributed by atoms with Crippen molar-refractivity contribution in [1.82, 2.24) is 19.3 Å². The number of nitrogens with zero attached hydrogens (tertiary/aromatic N) is 5. The molecule has 0 amide bonds.